The molecule has 1 aromatic carbocycles. The van der Waals surface area contributed by atoms with Crippen LogP contribution in [0.1, 0.15) is 11.3 Å². The fourth-order valence-electron chi connectivity index (χ4n) is 4.16. The highest BCUT2D eigenvalue weighted by Gasteiger charge is 2.42. The van der Waals surface area contributed by atoms with E-state index in [0.717, 1.165) is 54.8 Å². The fourth-order valence-corrected chi connectivity index (χ4v) is 4.16. The molecule has 25 heavy (non-hydrogen) atoms. The van der Waals surface area contributed by atoms with E-state index in [0.29, 0.717) is 11.8 Å². The summed E-state index contributed by atoms with van der Waals surface area (Å²) in [4.78, 5) is 18.2. The van der Waals surface area contributed by atoms with Gasteiger partial charge in [-0.3, -0.25) is 0 Å². The van der Waals surface area contributed by atoms with Gasteiger partial charge in [-0.1, -0.05) is 12.1 Å². The number of rotatable bonds is 2. The summed E-state index contributed by atoms with van der Waals surface area (Å²) in [5, 5.41) is 0. The fraction of sp³-hybridized carbons (Fsp3) is 0.421. The molecule has 0 amide bonds. The van der Waals surface area contributed by atoms with Gasteiger partial charge in [-0.05, 0) is 26.0 Å². The van der Waals surface area contributed by atoms with Crippen LogP contribution in [-0.2, 0) is 0 Å². The van der Waals surface area contributed by atoms with Crippen molar-refractivity contribution in [1.29, 1.82) is 0 Å². The average molecular weight is 335 g/mol. The smallest absolute Gasteiger partial charge is 0.298 e. The van der Waals surface area contributed by atoms with Crippen LogP contribution in [0, 0.1) is 25.7 Å². The van der Waals surface area contributed by atoms with Crippen molar-refractivity contribution in [1.82, 2.24) is 15.0 Å². The van der Waals surface area contributed by atoms with E-state index in [1.165, 1.54) is 5.56 Å². The van der Waals surface area contributed by atoms with Crippen molar-refractivity contribution in [2.45, 2.75) is 13.8 Å². The van der Waals surface area contributed by atoms with E-state index in [9.17, 15) is 0 Å². The number of oxazole rings is 1. The molecule has 0 radical (unpaired) electrons. The van der Waals surface area contributed by atoms with Crippen molar-refractivity contribution in [3.8, 4) is 0 Å². The van der Waals surface area contributed by atoms with Crippen LogP contribution in [0.25, 0.3) is 11.1 Å². The lowest BCUT2D eigenvalue weighted by atomic mass is 10.0. The first kappa shape index (κ1) is 14.7. The molecule has 0 N–H and O–H groups in total. The zero-order valence-corrected chi connectivity index (χ0v) is 14.5. The maximum atomic E-state index is 5.94. The molecule has 6 nitrogen and oxygen atoms in total. The average Bonchev–Trinajstić information content (AvgIpc) is 3.28. The van der Waals surface area contributed by atoms with Crippen LogP contribution in [0.15, 0.2) is 35.0 Å². The summed E-state index contributed by atoms with van der Waals surface area (Å²) in [6.45, 7) is 8.24. The van der Waals surface area contributed by atoms with Crippen LogP contribution < -0.4 is 9.80 Å². The largest absolute Gasteiger partial charge is 0.423 e. The number of benzene rings is 1. The van der Waals surface area contributed by atoms with Crippen LogP contribution in [0.5, 0.6) is 0 Å². The van der Waals surface area contributed by atoms with Crippen molar-refractivity contribution >= 4 is 22.9 Å². The number of anilines is 2. The second kappa shape index (κ2) is 5.44. The van der Waals surface area contributed by atoms with Gasteiger partial charge in [0.15, 0.2) is 5.58 Å². The van der Waals surface area contributed by atoms with Gasteiger partial charge < -0.3 is 14.2 Å². The first-order valence-electron chi connectivity index (χ1n) is 8.82. The molecule has 0 saturated carbocycles. The number of nitrogens with zero attached hydrogens (tertiary/aromatic N) is 5. The Morgan fingerprint density at radius 1 is 0.960 bits per heavy atom. The Kier molecular flexibility index (Phi) is 3.20. The highest BCUT2D eigenvalue weighted by Crippen LogP contribution is 2.37. The van der Waals surface area contributed by atoms with Crippen LogP contribution in [0.3, 0.4) is 0 Å². The third kappa shape index (κ3) is 2.35. The molecule has 2 aliphatic heterocycles. The predicted molar refractivity (Wildman–Crippen MR) is 96.9 cm³/mol. The van der Waals surface area contributed by atoms with Crippen LogP contribution in [0.4, 0.5) is 11.8 Å². The minimum Gasteiger partial charge on any atom is -0.423 e. The maximum absolute atomic E-state index is 5.94. The Bertz CT molecular complexity index is 889. The molecule has 6 heteroatoms. The summed E-state index contributed by atoms with van der Waals surface area (Å²) in [5.41, 5.74) is 4.06. The standard InChI is InChI=1S/C19H21N5O/c1-12-13(2)20-11-21-18(12)23-7-14-9-24(10-15(14)8-23)19-22-16-5-3-4-6-17(16)25-19/h3-6,11,14-15H,7-10H2,1-2H3. The first-order valence-corrected chi connectivity index (χ1v) is 8.82. The molecule has 2 unspecified atom stereocenters. The molecule has 0 bridgehead atoms. The van der Waals surface area contributed by atoms with E-state index in [-0.39, 0.29) is 0 Å². The van der Waals surface area contributed by atoms with Gasteiger partial charge in [-0.15, -0.1) is 0 Å². The van der Waals surface area contributed by atoms with E-state index in [1.54, 1.807) is 6.33 Å². The third-order valence-corrected chi connectivity index (χ3v) is 5.65. The molecular weight excluding hydrogens is 314 g/mol. The third-order valence-electron chi connectivity index (χ3n) is 5.65. The summed E-state index contributed by atoms with van der Waals surface area (Å²) in [6, 6.07) is 8.72. The van der Waals surface area contributed by atoms with Crippen LogP contribution in [0.2, 0.25) is 0 Å². The van der Waals surface area contributed by atoms with E-state index < -0.39 is 0 Å². The normalized spacial score (nSPS) is 22.8. The number of hydrogen-bond acceptors (Lipinski definition) is 6. The van der Waals surface area contributed by atoms with Crippen molar-refractivity contribution < 1.29 is 4.42 Å². The molecule has 5 rings (SSSR count). The molecule has 2 saturated heterocycles. The molecule has 2 aromatic heterocycles. The summed E-state index contributed by atoms with van der Waals surface area (Å²) in [6.07, 6.45) is 1.68. The van der Waals surface area contributed by atoms with Gasteiger partial charge in [0.05, 0.1) is 0 Å². The molecule has 4 heterocycles. The molecule has 2 atom stereocenters. The van der Waals surface area contributed by atoms with Gasteiger partial charge in [-0.25, -0.2) is 9.97 Å². The quantitative estimate of drug-likeness (QED) is 0.718. The summed E-state index contributed by atoms with van der Waals surface area (Å²) >= 11 is 0. The zero-order valence-electron chi connectivity index (χ0n) is 14.5. The number of fused-ring (bicyclic) bond motifs is 2. The minimum absolute atomic E-state index is 0.629. The van der Waals surface area contributed by atoms with Crippen molar-refractivity contribution in [3.05, 3.63) is 41.9 Å². The maximum Gasteiger partial charge on any atom is 0.298 e. The Labute approximate surface area is 146 Å². The predicted octanol–water partition coefficient (Wildman–Crippen LogP) is 2.81. The van der Waals surface area contributed by atoms with Crippen molar-refractivity contribution in [2.24, 2.45) is 11.8 Å². The lowest BCUT2D eigenvalue weighted by Gasteiger charge is -2.23. The number of para-hydroxylation sites is 2. The summed E-state index contributed by atoms with van der Waals surface area (Å²) in [5.74, 6) is 2.35. The van der Waals surface area contributed by atoms with Crippen LogP contribution >= 0.6 is 0 Å². The number of aromatic nitrogens is 3. The molecule has 128 valence electrons. The van der Waals surface area contributed by atoms with E-state index >= 15 is 0 Å². The summed E-state index contributed by atoms with van der Waals surface area (Å²) < 4.78 is 5.94. The molecule has 0 spiro atoms. The highest BCUT2D eigenvalue weighted by molar-refractivity contribution is 5.74. The van der Waals surface area contributed by atoms with Gasteiger partial charge in [0.1, 0.15) is 17.7 Å². The topological polar surface area (TPSA) is 58.3 Å². The SMILES string of the molecule is Cc1ncnc(N2CC3CN(c4nc5ccccc5o4)CC3C2)c1C. The Hall–Kier alpha value is -2.63. The van der Waals surface area contributed by atoms with Crippen molar-refractivity contribution in [3.63, 3.8) is 0 Å². The second-order valence-electron chi connectivity index (χ2n) is 7.20. The molecule has 2 fully saturated rings. The monoisotopic (exact) mass is 335 g/mol. The van der Waals surface area contributed by atoms with E-state index in [4.69, 9.17) is 4.42 Å². The number of hydrogen-bond donors (Lipinski definition) is 0. The van der Waals surface area contributed by atoms with E-state index in [2.05, 4.69) is 31.7 Å². The lowest BCUT2D eigenvalue weighted by Crippen LogP contribution is -2.30. The Morgan fingerprint density at radius 2 is 1.68 bits per heavy atom. The zero-order chi connectivity index (χ0) is 17.0. The lowest BCUT2D eigenvalue weighted by molar-refractivity contribution is 0.533. The Morgan fingerprint density at radius 3 is 2.44 bits per heavy atom. The molecule has 0 aliphatic carbocycles. The highest BCUT2D eigenvalue weighted by atomic mass is 16.4. The van der Waals surface area contributed by atoms with Gasteiger partial charge >= 0.3 is 0 Å². The van der Waals surface area contributed by atoms with Gasteiger partial charge in [0.2, 0.25) is 0 Å². The van der Waals surface area contributed by atoms with Gasteiger partial charge in [0.25, 0.3) is 6.01 Å². The van der Waals surface area contributed by atoms with E-state index in [1.807, 2.05) is 31.2 Å². The van der Waals surface area contributed by atoms with Gasteiger partial charge in [0, 0.05) is 49.3 Å². The summed E-state index contributed by atoms with van der Waals surface area (Å²) in [7, 11) is 0. The second-order valence-corrected chi connectivity index (χ2v) is 7.20. The number of aryl methyl sites for hydroxylation is 1. The molecular formula is C19H21N5O. The Balaban J connectivity index is 1.34. The molecule has 3 aromatic rings. The molecule has 2 aliphatic rings. The van der Waals surface area contributed by atoms with Crippen molar-refractivity contribution in [2.75, 3.05) is 36.0 Å². The minimum atomic E-state index is 0.629. The van der Waals surface area contributed by atoms with Gasteiger partial charge in [-0.2, -0.15) is 4.98 Å². The first-order chi connectivity index (χ1) is 12.2. The van der Waals surface area contributed by atoms with Crippen LogP contribution in [-0.4, -0.2) is 41.1 Å².